The number of pyridine rings is 1. The van der Waals surface area contributed by atoms with E-state index in [0.717, 1.165) is 42.6 Å². The van der Waals surface area contributed by atoms with Crippen LogP contribution in [0.3, 0.4) is 0 Å². The molecule has 0 bridgehead atoms. The van der Waals surface area contributed by atoms with Crippen molar-refractivity contribution in [3.8, 4) is 5.75 Å². The van der Waals surface area contributed by atoms with Gasteiger partial charge >= 0.3 is 0 Å². The molecule has 4 aromatic rings. The van der Waals surface area contributed by atoms with Crippen molar-refractivity contribution in [2.45, 2.75) is 39.5 Å². The van der Waals surface area contributed by atoms with Crippen LogP contribution >= 0.6 is 0 Å². The number of benzene rings is 2. The number of rotatable bonds is 8. The maximum atomic E-state index is 13.6. The Kier molecular flexibility index (Phi) is 8.57. The van der Waals surface area contributed by atoms with Crippen LogP contribution in [0.4, 0.5) is 22.9 Å². The third-order valence-electron chi connectivity index (χ3n) is 7.33. The zero-order valence-corrected chi connectivity index (χ0v) is 26.5. The van der Waals surface area contributed by atoms with Gasteiger partial charge in [-0.2, -0.15) is 0 Å². The second-order valence-electron chi connectivity index (χ2n) is 11.8. The van der Waals surface area contributed by atoms with Gasteiger partial charge in [-0.05, 0) is 78.4 Å². The fourth-order valence-corrected chi connectivity index (χ4v) is 5.49. The number of aromatic nitrogens is 3. The summed E-state index contributed by atoms with van der Waals surface area (Å²) in [6.45, 7) is 9.64. The molecular formula is C32H37N7O4S. The zero-order chi connectivity index (χ0) is 31.6. The molecule has 0 radical (unpaired) electrons. The number of fused-ring (bicyclic) bond motifs is 1. The lowest BCUT2D eigenvalue weighted by Gasteiger charge is -2.24. The Hall–Kier alpha value is -4.55. The highest BCUT2D eigenvalue weighted by Crippen LogP contribution is 2.39. The normalized spacial score (nSPS) is 13.7. The Balaban J connectivity index is 1.48. The number of amides is 1. The van der Waals surface area contributed by atoms with Crippen molar-refractivity contribution in [3.05, 3.63) is 77.3 Å². The molecule has 1 aliphatic heterocycles. The molecule has 230 valence electrons. The second kappa shape index (κ2) is 12.2. The van der Waals surface area contributed by atoms with Crippen LogP contribution in [0.25, 0.3) is 16.6 Å². The zero-order valence-electron chi connectivity index (χ0n) is 25.7. The summed E-state index contributed by atoms with van der Waals surface area (Å²) in [5.41, 5.74) is 6.43. The Morgan fingerprint density at radius 2 is 1.80 bits per heavy atom. The van der Waals surface area contributed by atoms with Crippen molar-refractivity contribution in [1.82, 2.24) is 20.3 Å². The van der Waals surface area contributed by atoms with Crippen molar-refractivity contribution < 1.29 is 17.9 Å². The van der Waals surface area contributed by atoms with Gasteiger partial charge in [0.05, 0.1) is 36.0 Å². The van der Waals surface area contributed by atoms with E-state index >= 15 is 0 Å². The Morgan fingerprint density at radius 1 is 1.02 bits per heavy atom. The molecule has 12 heteroatoms. The minimum absolute atomic E-state index is 0.209. The number of carbonyl (C=O) groups is 1. The average Bonchev–Trinajstić information content (AvgIpc) is 2.97. The predicted octanol–water partition coefficient (Wildman–Crippen LogP) is 5.38. The van der Waals surface area contributed by atoms with Crippen LogP contribution in [0.1, 0.15) is 54.4 Å². The summed E-state index contributed by atoms with van der Waals surface area (Å²) in [6, 6.07) is 12.8. The minimum atomic E-state index is -3.61. The van der Waals surface area contributed by atoms with Crippen LogP contribution in [-0.4, -0.2) is 55.7 Å². The van der Waals surface area contributed by atoms with Gasteiger partial charge in [0.2, 0.25) is 10.0 Å². The third kappa shape index (κ3) is 6.98. The van der Waals surface area contributed by atoms with E-state index < -0.39 is 15.9 Å². The number of sulfonamides is 1. The number of hydrogen-bond acceptors (Lipinski definition) is 9. The molecule has 0 spiro atoms. The van der Waals surface area contributed by atoms with Crippen LogP contribution < -0.4 is 25.4 Å². The van der Waals surface area contributed by atoms with Crippen LogP contribution in [0.2, 0.25) is 0 Å². The quantitative estimate of drug-likeness (QED) is 0.205. The van der Waals surface area contributed by atoms with Gasteiger partial charge in [-0.15, -0.1) is 0 Å². The topological polar surface area (TPSA) is 147 Å². The molecule has 2 aromatic heterocycles. The van der Waals surface area contributed by atoms with Gasteiger partial charge in [0, 0.05) is 17.8 Å². The number of carbonyl (C=O) groups excluding carboxylic acids is 1. The molecule has 0 saturated heterocycles. The van der Waals surface area contributed by atoms with E-state index in [4.69, 9.17) is 9.72 Å². The third-order valence-corrected chi connectivity index (χ3v) is 7.92. The summed E-state index contributed by atoms with van der Waals surface area (Å²) in [4.78, 5) is 27.4. The van der Waals surface area contributed by atoms with E-state index in [0.29, 0.717) is 33.8 Å². The Bertz CT molecular complexity index is 1880. The molecule has 0 atom stereocenters. The van der Waals surface area contributed by atoms with Crippen molar-refractivity contribution in [3.63, 3.8) is 0 Å². The summed E-state index contributed by atoms with van der Waals surface area (Å²) < 4.78 is 32.3. The van der Waals surface area contributed by atoms with E-state index in [2.05, 4.69) is 36.7 Å². The number of aryl methyl sites for hydroxylation is 1. The highest BCUT2D eigenvalue weighted by molar-refractivity contribution is 7.92. The summed E-state index contributed by atoms with van der Waals surface area (Å²) in [5.74, 6) is 0.344. The molecule has 2 aromatic carbocycles. The Labute approximate surface area is 257 Å². The van der Waals surface area contributed by atoms with Crippen LogP contribution in [0.15, 0.2) is 54.9 Å². The monoisotopic (exact) mass is 615 g/mol. The first-order valence-electron chi connectivity index (χ1n) is 14.2. The molecule has 0 unspecified atom stereocenters. The van der Waals surface area contributed by atoms with E-state index in [1.807, 2.05) is 45.9 Å². The van der Waals surface area contributed by atoms with Crippen LogP contribution in [-0.2, 0) is 15.4 Å². The van der Waals surface area contributed by atoms with E-state index in [-0.39, 0.29) is 16.9 Å². The maximum absolute atomic E-state index is 13.6. The van der Waals surface area contributed by atoms with Gasteiger partial charge in [-0.1, -0.05) is 32.9 Å². The van der Waals surface area contributed by atoms with Crippen LogP contribution in [0.5, 0.6) is 5.75 Å². The van der Waals surface area contributed by atoms with Gasteiger partial charge in [0.25, 0.3) is 5.91 Å². The Morgan fingerprint density at radius 3 is 2.48 bits per heavy atom. The molecule has 11 nitrogen and oxygen atoms in total. The van der Waals surface area contributed by atoms with E-state index in [1.54, 1.807) is 24.3 Å². The van der Waals surface area contributed by atoms with Crippen molar-refractivity contribution >= 4 is 55.4 Å². The number of anilines is 4. The highest BCUT2D eigenvalue weighted by Gasteiger charge is 2.23. The standard InChI is InChI=1S/C32H37N7O4S/c1-19-7-8-21(31(40)38-26-16-22(32(2,3)4)17-27(29(26)43-5)39-44(6,41)42)15-25(19)37-30-28-24(34-18-35-30)10-9-23(36-28)20-11-13-33-14-12-20/h7-11,15-18,33,39H,12-14H2,1-6H3,(H,38,40)(H,34,35,37). The summed E-state index contributed by atoms with van der Waals surface area (Å²) in [7, 11) is -2.18. The number of hydrogen-bond donors (Lipinski definition) is 4. The van der Waals surface area contributed by atoms with Gasteiger partial charge in [0.15, 0.2) is 11.6 Å². The van der Waals surface area contributed by atoms with E-state index in [1.165, 1.54) is 19.0 Å². The summed E-state index contributed by atoms with van der Waals surface area (Å²) >= 11 is 0. The first-order chi connectivity index (χ1) is 20.8. The largest absolute Gasteiger partial charge is 0.492 e. The number of ether oxygens (including phenoxy) is 1. The highest BCUT2D eigenvalue weighted by atomic mass is 32.2. The molecule has 3 heterocycles. The molecular weight excluding hydrogens is 578 g/mol. The van der Waals surface area contributed by atoms with Crippen molar-refractivity contribution in [2.75, 3.05) is 41.8 Å². The molecule has 1 aliphatic rings. The van der Waals surface area contributed by atoms with Crippen molar-refractivity contribution in [1.29, 1.82) is 0 Å². The smallest absolute Gasteiger partial charge is 0.255 e. The fraction of sp³-hybridized carbons (Fsp3) is 0.312. The SMILES string of the molecule is COc1c(NC(=O)c2ccc(C)c(Nc3ncnc4ccc(C5=CCNCC5)nc34)c2)cc(C(C)(C)C)cc1NS(C)(=O)=O. The molecule has 5 rings (SSSR count). The lowest BCUT2D eigenvalue weighted by Crippen LogP contribution is -2.20. The molecule has 0 fully saturated rings. The van der Waals surface area contributed by atoms with E-state index in [9.17, 15) is 13.2 Å². The second-order valence-corrected chi connectivity index (χ2v) is 13.6. The fourth-order valence-electron chi connectivity index (χ4n) is 4.94. The maximum Gasteiger partial charge on any atom is 0.255 e. The summed E-state index contributed by atoms with van der Waals surface area (Å²) in [5, 5.41) is 9.61. The van der Waals surface area contributed by atoms with Crippen LogP contribution in [0, 0.1) is 6.92 Å². The van der Waals surface area contributed by atoms with Gasteiger partial charge in [0.1, 0.15) is 11.8 Å². The van der Waals surface area contributed by atoms with Gasteiger partial charge in [-0.25, -0.2) is 23.4 Å². The van der Waals surface area contributed by atoms with Crippen molar-refractivity contribution in [2.24, 2.45) is 0 Å². The predicted molar refractivity (Wildman–Crippen MR) is 175 cm³/mol. The average molecular weight is 616 g/mol. The van der Waals surface area contributed by atoms with Gasteiger partial charge < -0.3 is 20.7 Å². The molecule has 4 N–H and O–H groups in total. The molecule has 0 aliphatic carbocycles. The molecule has 1 amide bonds. The lowest BCUT2D eigenvalue weighted by atomic mass is 9.86. The number of nitrogens with zero attached hydrogens (tertiary/aromatic N) is 3. The molecule has 44 heavy (non-hydrogen) atoms. The summed E-state index contributed by atoms with van der Waals surface area (Å²) in [6.07, 6.45) is 5.59. The molecule has 0 saturated carbocycles. The number of nitrogens with one attached hydrogen (secondary N) is 4. The minimum Gasteiger partial charge on any atom is -0.492 e. The first kappa shape index (κ1) is 30.9. The van der Waals surface area contributed by atoms with Gasteiger partial charge in [-0.3, -0.25) is 9.52 Å². The number of methoxy groups -OCH3 is 1. The lowest BCUT2D eigenvalue weighted by molar-refractivity contribution is 0.102. The first-order valence-corrected chi connectivity index (χ1v) is 16.1.